The fourth-order valence-electron chi connectivity index (χ4n) is 5.84. The van der Waals surface area contributed by atoms with Gasteiger partial charge < -0.3 is 30.3 Å². The van der Waals surface area contributed by atoms with Crippen LogP contribution in [0.1, 0.15) is 56.7 Å². The lowest BCUT2D eigenvalue weighted by atomic mass is 9.91. The summed E-state index contributed by atoms with van der Waals surface area (Å²) in [6.45, 7) is 11.2. The zero-order valence-electron chi connectivity index (χ0n) is 26.3. The molecule has 3 N–H and O–H groups in total. The molecular formula is C36H46N4O4. The minimum absolute atomic E-state index is 0.102. The molecule has 2 aliphatic heterocycles. The van der Waals surface area contributed by atoms with E-state index >= 15 is 0 Å². The Kier molecular flexibility index (Phi) is 10.4. The molecule has 0 aromatic heterocycles. The highest BCUT2D eigenvalue weighted by Gasteiger charge is 2.26. The van der Waals surface area contributed by atoms with Crippen LogP contribution in [0.2, 0.25) is 0 Å². The molecule has 0 radical (unpaired) electrons. The molecule has 1 unspecified atom stereocenters. The summed E-state index contributed by atoms with van der Waals surface area (Å²) in [7, 11) is 0. The molecule has 8 heteroatoms. The second-order valence-electron chi connectivity index (χ2n) is 13.0. The van der Waals surface area contributed by atoms with Crippen LogP contribution < -0.4 is 16.0 Å². The van der Waals surface area contributed by atoms with Gasteiger partial charge in [0.2, 0.25) is 5.91 Å². The Bertz CT molecular complexity index is 1440. The Labute approximate surface area is 261 Å². The van der Waals surface area contributed by atoms with E-state index in [-0.39, 0.29) is 17.2 Å². The second kappa shape index (κ2) is 14.4. The Balaban J connectivity index is 1.41. The third-order valence-electron chi connectivity index (χ3n) is 8.10. The molecule has 2 aliphatic rings. The van der Waals surface area contributed by atoms with E-state index in [1.165, 1.54) is 0 Å². The summed E-state index contributed by atoms with van der Waals surface area (Å²) in [5, 5.41) is 3.17. The van der Waals surface area contributed by atoms with Crippen LogP contribution in [-0.2, 0) is 38.7 Å². The Hall–Kier alpha value is -3.72. The van der Waals surface area contributed by atoms with Gasteiger partial charge in [-0.25, -0.2) is 0 Å². The van der Waals surface area contributed by atoms with Gasteiger partial charge in [0, 0.05) is 45.8 Å². The molecule has 2 saturated heterocycles. The molecule has 1 atom stereocenters. The number of benzene rings is 3. The smallest absolute Gasteiger partial charge is 0.253 e. The maximum Gasteiger partial charge on any atom is 0.253 e. The summed E-state index contributed by atoms with van der Waals surface area (Å²) in [6.07, 6.45) is 1.68. The van der Waals surface area contributed by atoms with Crippen molar-refractivity contribution in [2.75, 3.05) is 43.1 Å². The van der Waals surface area contributed by atoms with E-state index in [0.29, 0.717) is 45.9 Å². The van der Waals surface area contributed by atoms with Crippen LogP contribution in [0.5, 0.6) is 0 Å². The number of rotatable bonds is 10. The number of hydrogen-bond acceptors (Lipinski definition) is 6. The number of carbonyl (C=O) groups is 2. The fourth-order valence-corrected chi connectivity index (χ4v) is 5.84. The number of carbonyl (C=O) groups excluding carboxylic acids is 2. The van der Waals surface area contributed by atoms with Crippen molar-refractivity contribution in [2.45, 2.75) is 65.8 Å². The SMILES string of the molecule is CC(C)(C)CC(=O)N(Cc1cccc(CN)c1)Cc1cccc(-c2ccc(N3CCOCC3)c(NC(=O)C3CCCO3)c2)c1. The van der Waals surface area contributed by atoms with Crippen LogP contribution in [0.4, 0.5) is 11.4 Å². The standard InChI is InChI=1S/C36H46N4O4/c1-36(2,3)22-34(41)40(24-27-8-4-7-26(19-27)23-37)25-28-9-5-10-29(20-28)30-12-13-32(39-14-17-43-18-15-39)31(21-30)38-35(42)33-11-6-16-44-33/h4-5,7-10,12-13,19-21,33H,6,11,14-18,22-25,37H2,1-3H3,(H,38,42). The van der Waals surface area contributed by atoms with E-state index in [1.54, 1.807) is 0 Å². The lowest BCUT2D eigenvalue weighted by molar-refractivity contribution is -0.134. The van der Waals surface area contributed by atoms with Crippen molar-refractivity contribution in [3.05, 3.63) is 83.4 Å². The van der Waals surface area contributed by atoms with Gasteiger partial charge in [0.25, 0.3) is 5.91 Å². The van der Waals surface area contributed by atoms with Crippen molar-refractivity contribution in [3.63, 3.8) is 0 Å². The topological polar surface area (TPSA) is 97.1 Å². The van der Waals surface area contributed by atoms with Crippen molar-refractivity contribution >= 4 is 23.2 Å². The average Bonchev–Trinajstić information content (AvgIpc) is 3.56. The summed E-state index contributed by atoms with van der Waals surface area (Å²) in [4.78, 5) is 30.9. The van der Waals surface area contributed by atoms with Crippen molar-refractivity contribution in [1.82, 2.24) is 4.90 Å². The van der Waals surface area contributed by atoms with Gasteiger partial charge in [0.15, 0.2) is 0 Å². The first-order chi connectivity index (χ1) is 21.2. The quantitative estimate of drug-likeness (QED) is 0.309. The molecule has 44 heavy (non-hydrogen) atoms. The molecule has 5 rings (SSSR count). The van der Waals surface area contributed by atoms with Gasteiger partial charge in [0.1, 0.15) is 6.10 Å². The van der Waals surface area contributed by atoms with Crippen molar-refractivity contribution in [3.8, 4) is 11.1 Å². The van der Waals surface area contributed by atoms with Crippen LogP contribution >= 0.6 is 0 Å². The summed E-state index contributed by atoms with van der Waals surface area (Å²) in [5.41, 5.74) is 12.7. The summed E-state index contributed by atoms with van der Waals surface area (Å²) < 4.78 is 11.2. The first-order valence-electron chi connectivity index (χ1n) is 15.7. The predicted octanol–water partition coefficient (Wildman–Crippen LogP) is 5.73. The minimum atomic E-state index is -0.415. The van der Waals surface area contributed by atoms with Crippen LogP contribution in [0, 0.1) is 5.41 Å². The summed E-state index contributed by atoms with van der Waals surface area (Å²) in [5.74, 6) is 0.0182. The summed E-state index contributed by atoms with van der Waals surface area (Å²) in [6, 6.07) is 22.7. The van der Waals surface area contributed by atoms with E-state index < -0.39 is 6.10 Å². The van der Waals surface area contributed by atoms with Gasteiger partial charge in [-0.2, -0.15) is 0 Å². The van der Waals surface area contributed by atoms with Crippen LogP contribution in [0.15, 0.2) is 66.7 Å². The molecule has 0 bridgehead atoms. The van der Waals surface area contributed by atoms with Crippen molar-refractivity contribution in [2.24, 2.45) is 11.1 Å². The zero-order chi connectivity index (χ0) is 31.1. The van der Waals surface area contributed by atoms with E-state index in [2.05, 4.69) is 79.5 Å². The van der Waals surface area contributed by atoms with Crippen LogP contribution in [0.3, 0.4) is 0 Å². The first kappa shape index (κ1) is 31.7. The molecule has 2 heterocycles. The molecule has 0 saturated carbocycles. The molecule has 3 aromatic carbocycles. The molecule has 3 aromatic rings. The average molecular weight is 599 g/mol. The number of morpholine rings is 1. The monoisotopic (exact) mass is 598 g/mol. The maximum atomic E-state index is 13.6. The minimum Gasteiger partial charge on any atom is -0.378 e. The highest BCUT2D eigenvalue weighted by atomic mass is 16.5. The molecule has 8 nitrogen and oxygen atoms in total. The number of nitrogens with two attached hydrogens (primary N) is 1. The highest BCUT2D eigenvalue weighted by molar-refractivity contribution is 5.98. The third kappa shape index (κ3) is 8.46. The van der Waals surface area contributed by atoms with Gasteiger partial charge in [-0.05, 0) is 64.3 Å². The van der Waals surface area contributed by atoms with Crippen molar-refractivity contribution < 1.29 is 19.1 Å². The second-order valence-corrected chi connectivity index (χ2v) is 13.0. The van der Waals surface area contributed by atoms with E-state index in [4.69, 9.17) is 15.2 Å². The Morgan fingerprint density at radius 3 is 2.27 bits per heavy atom. The Morgan fingerprint density at radius 1 is 0.909 bits per heavy atom. The molecule has 0 aliphatic carbocycles. The summed E-state index contributed by atoms with van der Waals surface area (Å²) >= 11 is 0. The maximum absolute atomic E-state index is 13.6. The lowest BCUT2D eigenvalue weighted by Crippen LogP contribution is -2.37. The first-order valence-corrected chi connectivity index (χ1v) is 15.7. The number of ether oxygens (including phenoxy) is 2. The normalized spacial score (nSPS) is 17.0. The number of hydrogen-bond donors (Lipinski definition) is 2. The lowest BCUT2D eigenvalue weighted by Gasteiger charge is -2.31. The number of amides is 2. The molecule has 2 fully saturated rings. The zero-order valence-corrected chi connectivity index (χ0v) is 26.3. The van der Waals surface area contributed by atoms with E-state index in [0.717, 1.165) is 65.1 Å². The predicted molar refractivity (Wildman–Crippen MR) is 175 cm³/mol. The van der Waals surface area contributed by atoms with E-state index in [9.17, 15) is 9.59 Å². The van der Waals surface area contributed by atoms with Gasteiger partial charge in [0.05, 0.1) is 24.6 Å². The van der Waals surface area contributed by atoms with Gasteiger partial charge in [-0.3, -0.25) is 9.59 Å². The molecular weight excluding hydrogens is 552 g/mol. The van der Waals surface area contributed by atoms with E-state index in [1.807, 2.05) is 23.1 Å². The largest absolute Gasteiger partial charge is 0.378 e. The van der Waals surface area contributed by atoms with Gasteiger partial charge >= 0.3 is 0 Å². The number of anilines is 2. The van der Waals surface area contributed by atoms with Crippen LogP contribution in [-0.4, -0.2) is 55.7 Å². The van der Waals surface area contributed by atoms with Gasteiger partial charge in [-0.15, -0.1) is 0 Å². The number of nitrogens with one attached hydrogen (secondary N) is 1. The van der Waals surface area contributed by atoms with Gasteiger partial charge in [-0.1, -0.05) is 69.3 Å². The molecule has 0 spiro atoms. The highest BCUT2D eigenvalue weighted by Crippen LogP contribution is 2.33. The Morgan fingerprint density at radius 2 is 1.59 bits per heavy atom. The molecule has 234 valence electrons. The molecule has 2 amide bonds. The fraction of sp³-hybridized carbons (Fsp3) is 0.444. The third-order valence-corrected chi connectivity index (χ3v) is 8.10. The van der Waals surface area contributed by atoms with Crippen LogP contribution in [0.25, 0.3) is 11.1 Å². The van der Waals surface area contributed by atoms with Crippen molar-refractivity contribution in [1.29, 1.82) is 0 Å². The number of nitrogens with zero attached hydrogens (tertiary/aromatic N) is 2.